The van der Waals surface area contributed by atoms with Gasteiger partial charge in [0, 0.05) is 0 Å². The summed E-state index contributed by atoms with van der Waals surface area (Å²) in [5.74, 6) is -3.71. The summed E-state index contributed by atoms with van der Waals surface area (Å²) in [6.45, 7) is 0. The smallest absolute Gasteiger partial charge is 0.417 e. The normalized spacial score (nSPS) is 12.4. The summed E-state index contributed by atoms with van der Waals surface area (Å²) in [5.41, 5.74) is -8.81. The van der Waals surface area contributed by atoms with Crippen molar-refractivity contribution in [1.29, 1.82) is 0 Å². The van der Waals surface area contributed by atoms with E-state index in [4.69, 9.17) is 10.2 Å². The van der Waals surface area contributed by atoms with Crippen LogP contribution in [0, 0.1) is 0 Å². The fraction of sp³-hybridized carbons (Fsp3) is 0.115. The van der Waals surface area contributed by atoms with Crippen LogP contribution in [0.4, 0.5) is 39.5 Å². The van der Waals surface area contributed by atoms with E-state index in [0.29, 0.717) is 36.4 Å². The summed E-state index contributed by atoms with van der Waals surface area (Å²) < 4.78 is 124. The number of carboxylic acids is 2. The minimum Gasteiger partial charge on any atom is -0.478 e. The molecule has 11 nitrogen and oxygen atoms in total. The number of hydrogen-bond acceptors (Lipinski definition) is 7. The molecule has 3 aromatic heterocycles. The molecule has 0 aliphatic heterocycles. The Hall–Kier alpha value is -5.82. The number of alkyl halides is 9. The monoisotopic (exact) mass is 657 g/mol. The SMILES string of the molecule is O=C(O)c1ccc(-n2cc(-c3cc(C(F)(F)F)cc(-c4cn(-c5ccc(C(=O)O)c(C(F)(F)F)c5)nn4)n3)nn2)cc1C(F)(F)F. The lowest BCUT2D eigenvalue weighted by Crippen LogP contribution is -2.14. The molecule has 0 bridgehead atoms. The van der Waals surface area contributed by atoms with Crippen molar-refractivity contribution in [3.8, 4) is 34.2 Å². The van der Waals surface area contributed by atoms with Crippen LogP contribution in [0.15, 0.2) is 60.9 Å². The number of carbonyl (C=O) groups is 2. The van der Waals surface area contributed by atoms with Crippen LogP contribution in [-0.4, -0.2) is 57.1 Å². The van der Waals surface area contributed by atoms with Crippen LogP contribution < -0.4 is 0 Å². The van der Waals surface area contributed by atoms with Crippen molar-refractivity contribution in [2.45, 2.75) is 18.5 Å². The van der Waals surface area contributed by atoms with E-state index in [0.717, 1.165) is 33.9 Å². The van der Waals surface area contributed by atoms with Gasteiger partial charge in [0.05, 0.1) is 63.0 Å². The Kier molecular flexibility index (Phi) is 7.53. The molecule has 2 aromatic carbocycles. The van der Waals surface area contributed by atoms with Crippen molar-refractivity contribution in [3.63, 3.8) is 0 Å². The quantitative estimate of drug-likeness (QED) is 0.209. The fourth-order valence-corrected chi connectivity index (χ4v) is 4.16. The van der Waals surface area contributed by atoms with Gasteiger partial charge in [0.1, 0.15) is 11.4 Å². The van der Waals surface area contributed by atoms with Crippen LogP contribution in [0.5, 0.6) is 0 Å². The number of nitrogens with zero attached hydrogens (tertiary/aromatic N) is 7. The number of aromatic nitrogens is 7. The van der Waals surface area contributed by atoms with E-state index in [1.165, 1.54) is 0 Å². The van der Waals surface area contributed by atoms with Crippen LogP contribution in [0.25, 0.3) is 34.2 Å². The molecular weight excluding hydrogens is 645 g/mol. The van der Waals surface area contributed by atoms with Gasteiger partial charge in [0.2, 0.25) is 0 Å². The van der Waals surface area contributed by atoms with Crippen molar-refractivity contribution in [1.82, 2.24) is 35.0 Å². The molecule has 0 amide bonds. The highest BCUT2D eigenvalue weighted by atomic mass is 19.4. The molecule has 0 spiro atoms. The Labute approximate surface area is 248 Å². The highest BCUT2D eigenvalue weighted by Crippen LogP contribution is 2.36. The van der Waals surface area contributed by atoms with Gasteiger partial charge in [0.15, 0.2) is 0 Å². The second kappa shape index (κ2) is 11.0. The highest BCUT2D eigenvalue weighted by molar-refractivity contribution is 5.90. The summed E-state index contributed by atoms with van der Waals surface area (Å²) in [6, 6.07) is 5.28. The first-order valence-electron chi connectivity index (χ1n) is 12.2. The van der Waals surface area contributed by atoms with Crippen LogP contribution in [0.2, 0.25) is 0 Å². The van der Waals surface area contributed by atoms with Gasteiger partial charge in [-0.2, -0.15) is 39.5 Å². The molecule has 20 heteroatoms. The predicted octanol–water partition coefficient (Wildman–Crippen LogP) is 6.03. The van der Waals surface area contributed by atoms with Crippen LogP contribution in [0.1, 0.15) is 37.4 Å². The van der Waals surface area contributed by atoms with Gasteiger partial charge in [-0.25, -0.2) is 23.9 Å². The molecule has 0 unspecified atom stereocenters. The van der Waals surface area contributed by atoms with Crippen LogP contribution >= 0.6 is 0 Å². The van der Waals surface area contributed by atoms with E-state index >= 15 is 0 Å². The van der Waals surface area contributed by atoms with Crippen molar-refractivity contribution >= 4 is 11.9 Å². The zero-order chi connectivity index (χ0) is 33.8. The fourth-order valence-electron chi connectivity index (χ4n) is 4.16. The third-order valence-electron chi connectivity index (χ3n) is 6.27. The first-order valence-corrected chi connectivity index (χ1v) is 12.2. The van der Waals surface area contributed by atoms with Crippen molar-refractivity contribution in [2.24, 2.45) is 0 Å². The van der Waals surface area contributed by atoms with Gasteiger partial charge in [0.25, 0.3) is 0 Å². The average Bonchev–Trinajstić information content (AvgIpc) is 3.66. The molecule has 46 heavy (non-hydrogen) atoms. The molecule has 2 N–H and O–H groups in total. The van der Waals surface area contributed by atoms with Gasteiger partial charge in [-0.3, -0.25) is 0 Å². The second-order valence-electron chi connectivity index (χ2n) is 9.29. The lowest BCUT2D eigenvalue weighted by atomic mass is 10.1. The third kappa shape index (κ3) is 6.21. The lowest BCUT2D eigenvalue weighted by Gasteiger charge is -2.12. The van der Waals surface area contributed by atoms with Crippen molar-refractivity contribution in [3.05, 3.63) is 88.7 Å². The molecule has 5 rings (SSSR count). The summed E-state index contributed by atoms with van der Waals surface area (Å²) >= 11 is 0. The molecule has 0 aliphatic rings. The Balaban J connectivity index is 1.56. The Morgan fingerprint density at radius 1 is 0.565 bits per heavy atom. The number of rotatable bonds is 6. The van der Waals surface area contributed by atoms with Crippen LogP contribution in [-0.2, 0) is 18.5 Å². The maximum Gasteiger partial charge on any atom is 0.417 e. The molecule has 0 fully saturated rings. The Bertz CT molecular complexity index is 1860. The maximum atomic E-state index is 13.8. The molecule has 0 atom stereocenters. The largest absolute Gasteiger partial charge is 0.478 e. The summed E-state index contributed by atoms with van der Waals surface area (Å²) in [7, 11) is 0. The minimum atomic E-state index is -5.07. The van der Waals surface area contributed by atoms with E-state index in [-0.39, 0.29) is 22.8 Å². The highest BCUT2D eigenvalue weighted by Gasteiger charge is 2.37. The van der Waals surface area contributed by atoms with E-state index < -0.39 is 69.7 Å². The number of benzene rings is 2. The molecule has 0 aliphatic carbocycles. The second-order valence-corrected chi connectivity index (χ2v) is 9.29. The number of carboxylic acid groups (broad SMARTS) is 2. The standard InChI is InChI=1S/C26H12F9N7O4/c27-24(28,29)11-5-18(20-9-41(39-37-20)12-1-3-14(22(43)44)16(7-12)25(30,31)32)36-19(6-11)21-10-42(40-38-21)13-2-4-15(23(45)46)17(8-13)26(33,34)35/h1-10H,(H,43,44)(H,45,46). The van der Waals surface area contributed by atoms with Crippen molar-refractivity contribution < 1.29 is 59.3 Å². The van der Waals surface area contributed by atoms with Gasteiger partial charge >= 0.3 is 30.5 Å². The number of hydrogen-bond donors (Lipinski definition) is 2. The predicted molar refractivity (Wildman–Crippen MR) is 134 cm³/mol. The van der Waals surface area contributed by atoms with Crippen LogP contribution in [0.3, 0.4) is 0 Å². The Morgan fingerprint density at radius 2 is 0.957 bits per heavy atom. The molecule has 0 saturated heterocycles. The van der Waals surface area contributed by atoms with E-state index in [9.17, 15) is 49.1 Å². The lowest BCUT2D eigenvalue weighted by molar-refractivity contribution is -0.138. The summed E-state index contributed by atoms with van der Waals surface area (Å²) in [4.78, 5) is 26.5. The zero-order valence-corrected chi connectivity index (χ0v) is 22.0. The topological polar surface area (TPSA) is 149 Å². The number of aromatic carboxylic acids is 2. The average molecular weight is 657 g/mol. The maximum absolute atomic E-state index is 13.8. The van der Waals surface area contributed by atoms with Gasteiger partial charge in [-0.15, -0.1) is 10.2 Å². The van der Waals surface area contributed by atoms with E-state index in [2.05, 4.69) is 25.6 Å². The molecule has 0 radical (unpaired) electrons. The van der Waals surface area contributed by atoms with Crippen molar-refractivity contribution in [2.75, 3.05) is 0 Å². The number of pyridine rings is 1. The summed E-state index contributed by atoms with van der Waals surface area (Å²) in [6.07, 6.45) is -13.3. The number of halogens is 9. The van der Waals surface area contributed by atoms with Gasteiger partial charge in [-0.1, -0.05) is 10.4 Å². The third-order valence-corrected chi connectivity index (χ3v) is 6.27. The molecule has 3 heterocycles. The first kappa shape index (κ1) is 31.6. The summed E-state index contributed by atoms with van der Waals surface area (Å²) in [5, 5.41) is 32.7. The molecular formula is C26H12F9N7O4. The zero-order valence-electron chi connectivity index (χ0n) is 22.0. The van der Waals surface area contributed by atoms with Gasteiger partial charge in [-0.05, 0) is 48.5 Å². The van der Waals surface area contributed by atoms with Gasteiger partial charge < -0.3 is 10.2 Å². The van der Waals surface area contributed by atoms with E-state index in [1.807, 2.05) is 0 Å². The first-order chi connectivity index (χ1) is 21.3. The Morgan fingerprint density at radius 3 is 1.28 bits per heavy atom. The van der Waals surface area contributed by atoms with E-state index in [1.54, 1.807) is 0 Å². The molecule has 5 aromatic rings. The molecule has 0 saturated carbocycles. The minimum absolute atomic E-state index is 0.335. The molecule has 238 valence electrons.